The zero-order valence-electron chi connectivity index (χ0n) is 13.8. The summed E-state index contributed by atoms with van der Waals surface area (Å²) < 4.78 is 10.8. The number of rotatable bonds is 6. The number of methoxy groups -OCH3 is 1. The highest BCUT2D eigenvalue weighted by Crippen LogP contribution is 2.39. The van der Waals surface area contributed by atoms with E-state index in [9.17, 15) is 10.1 Å². The van der Waals surface area contributed by atoms with Gasteiger partial charge in [-0.1, -0.05) is 35.3 Å². The molecule has 3 rings (SSSR count). The van der Waals surface area contributed by atoms with Gasteiger partial charge in [0, 0.05) is 5.02 Å². The van der Waals surface area contributed by atoms with Crippen LogP contribution in [-0.4, -0.2) is 22.0 Å². The number of ether oxygens (including phenoxy) is 2. The molecule has 27 heavy (non-hydrogen) atoms. The molecule has 1 aromatic heterocycles. The van der Waals surface area contributed by atoms with Crippen LogP contribution < -0.4 is 14.8 Å². The minimum absolute atomic E-state index is 0.0795. The minimum atomic E-state index is -0.642. The van der Waals surface area contributed by atoms with Gasteiger partial charge >= 0.3 is 11.6 Å². The lowest BCUT2D eigenvalue weighted by Crippen LogP contribution is -2.04. The number of hydrogen-bond donors (Lipinski definition) is 1. The quantitative estimate of drug-likeness (QED) is 0.441. The van der Waals surface area contributed by atoms with Crippen molar-refractivity contribution in [2.24, 2.45) is 0 Å². The number of nitrogens with one attached hydrogen (secondary N) is 1. The van der Waals surface area contributed by atoms with Gasteiger partial charge in [-0.3, -0.25) is 10.1 Å². The van der Waals surface area contributed by atoms with Crippen LogP contribution in [0.4, 0.5) is 17.2 Å². The van der Waals surface area contributed by atoms with Gasteiger partial charge in [0.25, 0.3) is 0 Å². The number of benzene rings is 2. The summed E-state index contributed by atoms with van der Waals surface area (Å²) in [5.41, 5.74) is -0.0551. The Morgan fingerprint density at radius 1 is 1.11 bits per heavy atom. The van der Waals surface area contributed by atoms with Crippen LogP contribution in [0.5, 0.6) is 17.4 Å². The largest absolute Gasteiger partial charge is 0.493 e. The first kappa shape index (κ1) is 18.7. The second-order valence-electron chi connectivity index (χ2n) is 5.14. The number of aromatic nitrogens is 2. The molecule has 0 unspecified atom stereocenters. The normalized spacial score (nSPS) is 10.3. The van der Waals surface area contributed by atoms with Crippen molar-refractivity contribution in [3.63, 3.8) is 0 Å². The summed E-state index contributed by atoms with van der Waals surface area (Å²) in [6.45, 7) is 0. The number of halogens is 2. The molecule has 8 nitrogen and oxygen atoms in total. The molecule has 10 heteroatoms. The van der Waals surface area contributed by atoms with Crippen LogP contribution in [-0.2, 0) is 0 Å². The highest BCUT2D eigenvalue weighted by molar-refractivity contribution is 6.36. The van der Waals surface area contributed by atoms with Crippen molar-refractivity contribution in [2.75, 3.05) is 12.4 Å². The van der Waals surface area contributed by atoms with Gasteiger partial charge < -0.3 is 14.8 Å². The smallest absolute Gasteiger partial charge is 0.373 e. The van der Waals surface area contributed by atoms with E-state index in [1.807, 2.05) is 0 Å². The van der Waals surface area contributed by atoms with Gasteiger partial charge in [0.15, 0.2) is 11.5 Å². The first-order chi connectivity index (χ1) is 13.0. The van der Waals surface area contributed by atoms with Crippen LogP contribution in [0.3, 0.4) is 0 Å². The van der Waals surface area contributed by atoms with E-state index in [2.05, 4.69) is 15.3 Å². The first-order valence-corrected chi connectivity index (χ1v) is 8.27. The van der Waals surface area contributed by atoms with Crippen LogP contribution >= 0.6 is 23.2 Å². The Hall–Kier alpha value is -3.10. The standard InChI is InChI=1S/C17H12Cl2N4O4/c1-26-13-4-2-3-5-14(13)27-17-15(23(24)25)16(20-9-21-17)22-12-7-6-10(18)8-11(12)19/h2-9H,1H3,(H,20,21,22). The monoisotopic (exact) mass is 406 g/mol. The Morgan fingerprint density at radius 2 is 1.85 bits per heavy atom. The number of para-hydroxylation sites is 2. The predicted octanol–water partition coefficient (Wildman–Crippen LogP) is 5.24. The summed E-state index contributed by atoms with van der Waals surface area (Å²) in [4.78, 5) is 18.8. The second kappa shape index (κ2) is 8.07. The maximum Gasteiger partial charge on any atom is 0.373 e. The van der Waals surface area contributed by atoms with Crippen molar-refractivity contribution in [1.29, 1.82) is 0 Å². The van der Waals surface area contributed by atoms with Crippen molar-refractivity contribution in [1.82, 2.24) is 9.97 Å². The van der Waals surface area contributed by atoms with Gasteiger partial charge in [-0.05, 0) is 30.3 Å². The first-order valence-electron chi connectivity index (χ1n) is 7.52. The second-order valence-corrected chi connectivity index (χ2v) is 5.98. The molecule has 0 spiro atoms. The van der Waals surface area contributed by atoms with Crippen LogP contribution in [0, 0.1) is 10.1 Å². The molecule has 1 N–H and O–H groups in total. The fourth-order valence-electron chi connectivity index (χ4n) is 2.22. The molecule has 3 aromatic rings. The van der Waals surface area contributed by atoms with E-state index in [4.69, 9.17) is 32.7 Å². The molecule has 0 aliphatic carbocycles. The zero-order valence-corrected chi connectivity index (χ0v) is 15.4. The van der Waals surface area contributed by atoms with Crippen LogP contribution in [0.2, 0.25) is 10.0 Å². The van der Waals surface area contributed by atoms with Gasteiger partial charge in [0.1, 0.15) is 6.33 Å². The minimum Gasteiger partial charge on any atom is -0.493 e. The lowest BCUT2D eigenvalue weighted by Gasteiger charge is -2.12. The van der Waals surface area contributed by atoms with Crippen LogP contribution in [0.1, 0.15) is 0 Å². The third kappa shape index (κ3) is 4.18. The molecule has 0 saturated carbocycles. The van der Waals surface area contributed by atoms with E-state index in [0.717, 1.165) is 6.33 Å². The van der Waals surface area contributed by atoms with Gasteiger partial charge in [-0.2, -0.15) is 4.98 Å². The molecule has 0 aliphatic rings. The lowest BCUT2D eigenvalue weighted by molar-refractivity contribution is -0.385. The van der Waals surface area contributed by atoms with E-state index >= 15 is 0 Å². The lowest BCUT2D eigenvalue weighted by atomic mass is 10.3. The SMILES string of the molecule is COc1ccccc1Oc1ncnc(Nc2ccc(Cl)cc2Cl)c1[N+](=O)[O-]. The topological polar surface area (TPSA) is 99.4 Å². The fraction of sp³-hybridized carbons (Fsp3) is 0.0588. The van der Waals surface area contributed by atoms with Crippen molar-refractivity contribution < 1.29 is 14.4 Å². The Kier molecular flexibility index (Phi) is 5.58. The van der Waals surface area contributed by atoms with Crippen LogP contribution in [0.15, 0.2) is 48.8 Å². The molecule has 0 aliphatic heterocycles. The molecule has 138 valence electrons. The average Bonchev–Trinajstić information content (AvgIpc) is 2.64. The summed E-state index contributed by atoms with van der Waals surface area (Å²) in [6.07, 6.45) is 1.14. The van der Waals surface area contributed by atoms with Crippen molar-refractivity contribution in [3.05, 3.63) is 69.0 Å². The Labute approximate surface area is 163 Å². The summed E-state index contributed by atoms with van der Waals surface area (Å²) in [5.74, 6) is 0.356. The van der Waals surface area contributed by atoms with E-state index in [1.165, 1.54) is 13.2 Å². The number of nitrogens with zero attached hydrogens (tertiary/aromatic N) is 3. The van der Waals surface area contributed by atoms with Crippen molar-refractivity contribution >= 4 is 40.4 Å². The van der Waals surface area contributed by atoms with Gasteiger partial charge in [-0.25, -0.2) is 4.98 Å². The predicted molar refractivity (Wildman–Crippen MR) is 101 cm³/mol. The summed E-state index contributed by atoms with van der Waals surface area (Å²) >= 11 is 12.0. The maximum absolute atomic E-state index is 11.6. The highest BCUT2D eigenvalue weighted by Gasteiger charge is 2.26. The molecule has 0 amide bonds. The highest BCUT2D eigenvalue weighted by atomic mass is 35.5. The molecule has 0 radical (unpaired) electrons. The summed E-state index contributed by atoms with van der Waals surface area (Å²) in [6, 6.07) is 11.4. The molecule has 2 aromatic carbocycles. The molecular weight excluding hydrogens is 395 g/mol. The Balaban J connectivity index is 2.01. The Morgan fingerprint density at radius 3 is 2.52 bits per heavy atom. The average molecular weight is 407 g/mol. The van der Waals surface area contributed by atoms with Crippen LogP contribution in [0.25, 0.3) is 0 Å². The van der Waals surface area contributed by atoms with Gasteiger partial charge in [0.2, 0.25) is 5.82 Å². The third-order valence-corrected chi connectivity index (χ3v) is 3.98. The van der Waals surface area contributed by atoms with Gasteiger partial charge in [-0.15, -0.1) is 0 Å². The number of nitro groups is 1. The van der Waals surface area contributed by atoms with Crippen molar-refractivity contribution in [2.45, 2.75) is 0 Å². The third-order valence-electron chi connectivity index (χ3n) is 3.43. The summed E-state index contributed by atoms with van der Waals surface area (Å²) in [5, 5.41) is 15.2. The van der Waals surface area contributed by atoms with E-state index < -0.39 is 10.6 Å². The van der Waals surface area contributed by atoms with E-state index in [-0.39, 0.29) is 22.5 Å². The zero-order chi connectivity index (χ0) is 19.4. The molecule has 0 atom stereocenters. The maximum atomic E-state index is 11.6. The fourth-order valence-corrected chi connectivity index (χ4v) is 2.67. The summed E-state index contributed by atoms with van der Waals surface area (Å²) in [7, 11) is 1.46. The van der Waals surface area contributed by atoms with E-state index in [0.29, 0.717) is 16.5 Å². The molecule has 0 fully saturated rings. The van der Waals surface area contributed by atoms with Gasteiger partial charge in [0.05, 0.1) is 22.7 Å². The molecular formula is C17H12Cl2N4O4. The molecule has 1 heterocycles. The van der Waals surface area contributed by atoms with E-state index in [1.54, 1.807) is 36.4 Å². The molecule has 0 bridgehead atoms. The number of anilines is 2. The molecule has 0 saturated heterocycles. The van der Waals surface area contributed by atoms with Crippen molar-refractivity contribution in [3.8, 4) is 17.4 Å². The Bertz CT molecular complexity index is 1000. The number of hydrogen-bond acceptors (Lipinski definition) is 7.